The van der Waals surface area contributed by atoms with E-state index < -0.39 is 0 Å². The number of thioether (sulfide) groups is 1. The van der Waals surface area contributed by atoms with E-state index in [1.807, 2.05) is 30.3 Å². The Bertz CT molecular complexity index is 562. The Morgan fingerprint density at radius 3 is 2.95 bits per heavy atom. The van der Waals surface area contributed by atoms with Crippen LogP contribution in [0, 0.1) is 0 Å². The van der Waals surface area contributed by atoms with Crippen LogP contribution in [0.1, 0.15) is 5.56 Å². The number of carbonyl (C=O) groups is 1. The molecule has 0 radical (unpaired) electrons. The van der Waals surface area contributed by atoms with Crippen molar-refractivity contribution >= 4 is 34.5 Å². The third kappa shape index (κ3) is 5.70. The summed E-state index contributed by atoms with van der Waals surface area (Å²) in [7, 11) is 1.65. The lowest BCUT2D eigenvalue weighted by Crippen LogP contribution is -2.28. The molecule has 0 atom stereocenters. The molecule has 0 aliphatic rings. The Morgan fingerprint density at radius 1 is 1.38 bits per heavy atom. The van der Waals surface area contributed by atoms with Crippen molar-refractivity contribution < 1.29 is 9.53 Å². The standard InChI is InChI=1S/C13H16N4O2S2/c1-19-7-8-20-13-16-12(21-17-13)15-11(18)14-9-10-5-3-2-4-6-10/h2-6H,7-9H2,1H3,(H2,14,15,16,17,18). The van der Waals surface area contributed by atoms with Crippen LogP contribution in [0.5, 0.6) is 0 Å². The van der Waals surface area contributed by atoms with E-state index in [9.17, 15) is 4.79 Å². The highest BCUT2D eigenvalue weighted by Gasteiger charge is 2.08. The smallest absolute Gasteiger partial charge is 0.321 e. The van der Waals surface area contributed by atoms with Crippen molar-refractivity contribution in [3.05, 3.63) is 35.9 Å². The number of nitrogens with one attached hydrogen (secondary N) is 2. The molecule has 6 nitrogen and oxygen atoms in total. The fraction of sp³-hybridized carbons (Fsp3) is 0.308. The number of anilines is 1. The van der Waals surface area contributed by atoms with Crippen molar-refractivity contribution in [2.45, 2.75) is 11.7 Å². The zero-order valence-electron chi connectivity index (χ0n) is 11.5. The SMILES string of the molecule is COCCSc1nsc(NC(=O)NCc2ccccc2)n1. The molecule has 8 heteroatoms. The third-order valence-electron chi connectivity index (χ3n) is 2.44. The van der Waals surface area contributed by atoms with Gasteiger partial charge in [0, 0.05) is 30.9 Å². The van der Waals surface area contributed by atoms with E-state index in [1.165, 1.54) is 11.8 Å². The van der Waals surface area contributed by atoms with Gasteiger partial charge in [0.05, 0.1) is 6.61 Å². The van der Waals surface area contributed by atoms with Gasteiger partial charge in [-0.3, -0.25) is 5.32 Å². The van der Waals surface area contributed by atoms with Gasteiger partial charge >= 0.3 is 6.03 Å². The summed E-state index contributed by atoms with van der Waals surface area (Å²) < 4.78 is 9.11. The van der Waals surface area contributed by atoms with Gasteiger partial charge in [-0.2, -0.15) is 9.36 Å². The Kier molecular flexibility index (Phi) is 6.45. The number of urea groups is 1. The summed E-state index contributed by atoms with van der Waals surface area (Å²) in [5.74, 6) is 0.785. The molecule has 112 valence electrons. The second-order valence-corrected chi connectivity index (χ2v) is 5.83. The summed E-state index contributed by atoms with van der Waals surface area (Å²) in [6.07, 6.45) is 0. The second-order valence-electron chi connectivity index (χ2n) is 4.02. The highest BCUT2D eigenvalue weighted by atomic mass is 32.2. The van der Waals surface area contributed by atoms with Crippen molar-refractivity contribution in [3.8, 4) is 0 Å². The molecular formula is C13H16N4O2S2. The summed E-state index contributed by atoms with van der Waals surface area (Å²) >= 11 is 2.66. The van der Waals surface area contributed by atoms with Gasteiger partial charge in [-0.15, -0.1) is 0 Å². The minimum Gasteiger partial charge on any atom is -0.384 e. The van der Waals surface area contributed by atoms with Gasteiger partial charge in [-0.1, -0.05) is 42.1 Å². The molecule has 0 aliphatic carbocycles. The van der Waals surface area contributed by atoms with E-state index in [0.29, 0.717) is 23.4 Å². The number of carbonyl (C=O) groups excluding carboxylic acids is 1. The van der Waals surface area contributed by atoms with Crippen LogP contribution in [0.15, 0.2) is 35.5 Å². The molecule has 0 aliphatic heterocycles. The highest BCUT2D eigenvalue weighted by molar-refractivity contribution is 7.99. The Hall–Kier alpha value is -1.64. The normalized spacial score (nSPS) is 10.3. The van der Waals surface area contributed by atoms with E-state index in [4.69, 9.17) is 4.74 Å². The van der Waals surface area contributed by atoms with Gasteiger partial charge in [0.1, 0.15) is 0 Å². The summed E-state index contributed by atoms with van der Waals surface area (Å²) in [6, 6.07) is 9.43. The number of benzene rings is 1. The number of aromatic nitrogens is 2. The number of amides is 2. The molecule has 21 heavy (non-hydrogen) atoms. The Labute approximate surface area is 131 Å². The first-order valence-electron chi connectivity index (χ1n) is 6.32. The first kappa shape index (κ1) is 15.7. The van der Waals surface area contributed by atoms with Gasteiger partial charge in [-0.25, -0.2) is 4.79 Å². The molecule has 0 saturated heterocycles. The lowest BCUT2D eigenvalue weighted by atomic mass is 10.2. The Balaban J connectivity index is 1.75. The van der Waals surface area contributed by atoms with Crippen LogP contribution in [-0.4, -0.2) is 34.9 Å². The topological polar surface area (TPSA) is 76.1 Å². The summed E-state index contributed by atoms with van der Waals surface area (Å²) in [5.41, 5.74) is 1.04. The maximum absolute atomic E-state index is 11.7. The molecular weight excluding hydrogens is 308 g/mol. The van der Waals surface area contributed by atoms with Crippen LogP contribution in [0.2, 0.25) is 0 Å². The molecule has 2 rings (SSSR count). The van der Waals surface area contributed by atoms with Crippen molar-refractivity contribution in [1.82, 2.24) is 14.7 Å². The Morgan fingerprint density at radius 2 is 2.19 bits per heavy atom. The van der Waals surface area contributed by atoms with E-state index in [-0.39, 0.29) is 6.03 Å². The van der Waals surface area contributed by atoms with Crippen molar-refractivity contribution in [1.29, 1.82) is 0 Å². The number of hydrogen-bond donors (Lipinski definition) is 2. The fourth-order valence-electron chi connectivity index (χ4n) is 1.46. The lowest BCUT2D eigenvalue weighted by Gasteiger charge is -2.04. The maximum Gasteiger partial charge on any atom is 0.321 e. The monoisotopic (exact) mass is 324 g/mol. The average molecular weight is 324 g/mol. The minimum absolute atomic E-state index is 0.288. The number of nitrogens with zero attached hydrogens (tertiary/aromatic N) is 2. The maximum atomic E-state index is 11.7. The molecule has 1 aromatic heterocycles. The zero-order valence-corrected chi connectivity index (χ0v) is 13.2. The van der Waals surface area contributed by atoms with Crippen molar-refractivity contribution in [2.75, 3.05) is 24.8 Å². The van der Waals surface area contributed by atoms with Crippen molar-refractivity contribution in [3.63, 3.8) is 0 Å². The van der Waals surface area contributed by atoms with E-state index in [2.05, 4.69) is 20.0 Å². The van der Waals surface area contributed by atoms with Crippen LogP contribution in [-0.2, 0) is 11.3 Å². The van der Waals surface area contributed by atoms with Gasteiger partial charge in [-0.05, 0) is 5.56 Å². The van der Waals surface area contributed by atoms with Gasteiger partial charge in [0.25, 0.3) is 0 Å². The highest BCUT2D eigenvalue weighted by Crippen LogP contribution is 2.19. The second kappa shape index (κ2) is 8.60. The van der Waals surface area contributed by atoms with Crippen LogP contribution < -0.4 is 10.6 Å². The molecule has 0 unspecified atom stereocenters. The van der Waals surface area contributed by atoms with E-state index >= 15 is 0 Å². The quantitative estimate of drug-likeness (QED) is 0.605. The summed E-state index contributed by atoms with van der Waals surface area (Å²) in [4.78, 5) is 16.0. The zero-order chi connectivity index (χ0) is 14.9. The van der Waals surface area contributed by atoms with Crippen LogP contribution in [0.4, 0.5) is 9.93 Å². The predicted octanol–water partition coefficient (Wildman–Crippen LogP) is 2.60. The number of rotatable bonds is 7. The largest absolute Gasteiger partial charge is 0.384 e. The molecule has 2 aromatic rings. The van der Waals surface area contributed by atoms with E-state index in [1.54, 1.807) is 7.11 Å². The van der Waals surface area contributed by atoms with Gasteiger partial charge in [0.2, 0.25) is 10.3 Å². The van der Waals surface area contributed by atoms with Crippen molar-refractivity contribution in [2.24, 2.45) is 0 Å². The van der Waals surface area contributed by atoms with Gasteiger partial charge < -0.3 is 10.1 Å². The van der Waals surface area contributed by atoms with Crippen LogP contribution in [0.3, 0.4) is 0 Å². The first-order valence-corrected chi connectivity index (χ1v) is 8.08. The van der Waals surface area contributed by atoms with Gasteiger partial charge in [0.15, 0.2) is 0 Å². The molecule has 0 bridgehead atoms. The minimum atomic E-state index is -0.288. The first-order chi connectivity index (χ1) is 10.3. The molecule has 2 amide bonds. The molecule has 0 fully saturated rings. The summed E-state index contributed by atoms with van der Waals surface area (Å²) in [5, 5.41) is 6.58. The molecule has 1 aromatic carbocycles. The summed E-state index contributed by atoms with van der Waals surface area (Å²) in [6.45, 7) is 1.12. The fourth-order valence-corrected chi connectivity index (χ4v) is 2.90. The number of hydrogen-bond acceptors (Lipinski definition) is 6. The van der Waals surface area contributed by atoms with Crippen LogP contribution >= 0.6 is 23.3 Å². The molecule has 1 heterocycles. The predicted molar refractivity (Wildman–Crippen MR) is 84.8 cm³/mol. The number of ether oxygens (including phenoxy) is 1. The number of methoxy groups -OCH3 is 1. The molecule has 2 N–H and O–H groups in total. The molecule has 0 saturated carbocycles. The third-order valence-corrected chi connectivity index (χ3v) is 4.00. The van der Waals surface area contributed by atoms with Crippen LogP contribution in [0.25, 0.3) is 0 Å². The average Bonchev–Trinajstić information content (AvgIpc) is 2.94. The van der Waals surface area contributed by atoms with E-state index in [0.717, 1.165) is 22.8 Å². The lowest BCUT2D eigenvalue weighted by molar-refractivity contribution is 0.218. The molecule has 0 spiro atoms.